The van der Waals surface area contributed by atoms with Gasteiger partial charge in [-0.1, -0.05) is 48.0 Å². The van der Waals surface area contributed by atoms with Crippen molar-refractivity contribution >= 4 is 32.5 Å². The van der Waals surface area contributed by atoms with Gasteiger partial charge in [-0.25, -0.2) is 13.6 Å². The first-order chi connectivity index (χ1) is 15.3. The molecule has 32 heavy (non-hydrogen) atoms. The number of hydrogen-bond donors (Lipinski definition) is 1. The average Bonchev–Trinajstić information content (AvgIpc) is 2.77. The Balaban J connectivity index is 1.45. The van der Waals surface area contributed by atoms with Gasteiger partial charge in [0.1, 0.15) is 5.75 Å². The number of hydrogen-bond acceptors (Lipinski definition) is 4. The van der Waals surface area contributed by atoms with E-state index in [0.717, 1.165) is 51.7 Å². The van der Waals surface area contributed by atoms with Crippen molar-refractivity contribution in [3.63, 3.8) is 0 Å². The van der Waals surface area contributed by atoms with Gasteiger partial charge in [0.15, 0.2) is 0 Å². The van der Waals surface area contributed by atoms with Gasteiger partial charge < -0.3 is 4.74 Å². The van der Waals surface area contributed by atoms with Gasteiger partial charge in [0.25, 0.3) is 0 Å². The number of para-hydroxylation sites is 1. The van der Waals surface area contributed by atoms with Gasteiger partial charge in [-0.05, 0) is 72.4 Å². The van der Waals surface area contributed by atoms with E-state index >= 15 is 0 Å². The van der Waals surface area contributed by atoms with Crippen molar-refractivity contribution < 1.29 is 13.2 Å². The fraction of sp³-hybridized carbons (Fsp3) is 0.160. The molecular formula is C25H23ClN2O3S. The first-order valence-electron chi connectivity index (χ1n) is 10.2. The van der Waals surface area contributed by atoms with Gasteiger partial charge in [-0.15, -0.1) is 0 Å². The molecule has 0 bridgehead atoms. The van der Waals surface area contributed by atoms with E-state index in [9.17, 15) is 8.42 Å². The summed E-state index contributed by atoms with van der Waals surface area (Å²) in [7, 11) is -3.66. The highest BCUT2D eigenvalue weighted by molar-refractivity contribution is 7.89. The third-order valence-corrected chi connectivity index (χ3v) is 6.53. The molecule has 0 atom stereocenters. The molecule has 1 aromatic heterocycles. The van der Waals surface area contributed by atoms with Gasteiger partial charge in [0.2, 0.25) is 10.0 Å². The van der Waals surface area contributed by atoms with Crippen molar-refractivity contribution in [2.75, 3.05) is 6.61 Å². The molecule has 5 nitrogen and oxygen atoms in total. The standard InChI is InChI=1S/C25H23ClN2O3S/c1-17-16-28-25-22(8-3-9-23(25)26)24(17)19-6-2-7-20(15-19)31-14-4-5-18-10-12-21(13-11-18)32(27,29)30/h2-3,6-13,15-16H,4-5,14H2,1H3,(H2,27,29,30). The molecule has 3 aromatic carbocycles. The van der Waals surface area contributed by atoms with Crippen LogP contribution >= 0.6 is 11.6 Å². The number of halogens is 1. The Morgan fingerprint density at radius 2 is 1.78 bits per heavy atom. The Labute approximate surface area is 192 Å². The second-order valence-electron chi connectivity index (χ2n) is 7.62. The lowest BCUT2D eigenvalue weighted by Crippen LogP contribution is -2.11. The number of primary sulfonamides is 1. The second-order valence-corrected chi connectivity index (χ2v) is 9.59. The summed E-state index contributed by atoms with van der Waals surface area (Å²) in [6.45, 7) is 2.58. The van der Waals surface area contributed by atoms with E-state index in [1.54, 1.807) is 12.1 Å². The molecule has 0 saturated heterocycles. The zero-order chi connectivity index (χ0) is 22.7. The highest BCUT2D eigenvalue weighted by Gasteiger charge is 2.11. The number of fused-ring (bicyclic) bond motifs is 1. The van der Waals surface area contributed by atoms with Crippen LogP contribution in [0.25, 0.3) is 22.0 Å². The van der Waals surface area contributed by atoms with Crippen molar-refractivity contribution in [3.8, 4) is 16.9 Å². The summed E-state index contributed by atoms with van der Waals surface area (Å²) in [5, 5.41) is 6.78. The Morgan fingerprint density at radius 1 is 1.03 bits per heavy atom. The Hall–Kier alpha value is -2.93. The van der Waals surface area contributed by atoms with Crippen LogP contribution in [0.15, 0.2) is 77.8 Å². The third kappa shape index (κ3) is 4.93. The predicted octanol–water partition coefficient (Wildman–Crippen LogP) is 5.52. The predicted molar refractivity (Wildman–Crippen MR) is 129 cm³/mol. The molecule has 0 radical (unpaired) electrons. The van der Waals surface area contributed by atoms with Gasteiger partial charge in [0.05, 0.1) is 22.0 Å². The van der Waals surface area contributed by atoms with E-state index in [-0.39, 0.29) is 4.90 Å². The van der Waals surface area contributed by atoms with E-state index < -0.39 is 10.0 Å². The molecule has 4 aromatic rings. The van der Waals surface area contributed by atoms with Crippen LogP contribution in [0, 0.1) is 6.92 Å². The number of aryl methyl sites for hydroxylation is 2. The van der Waals surface area contributed by atoms with Crippen molar-refractivity contribution in [1.82, 2.24) is 4.98 Å². The minimum absolute atomic E-state index is 0.120. The van der Waals surface area contributed by atoms with Crippen LogP contribution in [0.1, 0.15) is 17.5 Å². The SMILES string of the molecule is Cc1cnc2c(Cl)cccc2c1-c1cccc(OCCCc2ccc(S(N)(=O)=O)cc2)c1. The van der Waals surface area contributed by atoms with E-state index in [1.807, 2.05) is 49.5 Å². The summed E-state index contributed by atoms with van der Waals surface area (Å²) < 4.78 is 28.7. The number of benzene rings is 3. The Kier molecular flexibility index (Phi) is 6.46. The molecular weight excluding hydrogens is 444 g/mol. The van der Waals surface area contributed by atoms with Crippen LogP contribution in [-0.2, 0) is 16.4 Å². The normalized spacial score (nSPS) is 11.6. The Morgan fingerprint density at radius 3 is 2.53 bits per heavy atom. The van der Waals surface area contributed by atoms with Gasteiger partial charge in [-0.3, -0.25) is 4.98 Å². The first kappa shape index (κ1) is 22.3. The van der Waals surface area contributed by atoms with Crippen molar-refractivity contribution in [3.05, 3.63) is 89.1 Å². The maximum Gasteiger partial charge on any atom is 0.238 e. The smallest absolute Gasteiger partial charge is 0.238 e. The number of pyridine rings is 1. The summed E-state index contributed by atoms with van der Waals surface area (Å²) >= 11 is 6.34. The second kappa shape index (κ2) is 9.28. The van der Waals surface area contributed by atoms with Crippen LogP contribution in [0.3, 0.4) is 0 Å². The van der Waals surface area contributed by atoms with E-state index in [2.05, 4.69) is 11.1 Å². The molecule has 0 saturated carbocycles. The van der Waals surface area contributed by atoms with Crippen molar-refractivity contribution in [2.24, 2.45) is 5.14 Å². The summed E-state index contributed by atoms with van der Waals surface area (Å²) in [5.74, 6) is 0.790. The highest BCUT2D eigenvalue weighted by Crippen LogP contribution is 2.34. The molecule has 164 valence electrons. The van der Waals surface area contributed by atoms with E-state index in [0.29, 0.717) is 11.6 Å². The molecule has 4 rings (SSSR count). The topological polar surface area (TPSA) is 82.3 Å². The maximum atomic E-state index is 11.3. The largest absolute Gasteiger partial charge is 0.494 e. The zero-order valence-electron chi connectivity index (χ0n) is 17.6. The van der Waals surface area contributed by atoms with Gasteiger partial charge in [-0.2, -0.15) is 0 Å². The molecule has 0 aliphatic carbocycles. The quantitative estimate of drug-likeness (QED) is 0.363. The fourth-order valence-corrected chi connectivity index (χ4v) is 4.46. The summed E-state index contributed by atoms with van der Waals surface area (Å²) in [4.78, 5) is 4.61. The minimum atomic E-state index is -3.66. The highest BCUT2D eigenvalue weighted by atomic mass is 35.5. The van der Waals surface area contributed by atoms with Crippen molar-refractivity contribution in [1.29, 1.82) is 0 Å². The van der Waals surface area contributed by atoms with Crippen LogP contribution in [0.5, 0.6) is 5.75 Å². The lowest BCUT2D eigenvalue weighted by atomic mass is 9.97. The molecule has 0 unspecified atom stereocenters. The summed E-state index contributed by atoms with van der Waals surface area (Å²) in [6, 6.07) is 20.4. The van der Waals surface area contributed by atoms with Crippen LogP contribution in [0.4, 0.5) is 0 Å². The number of nitrogens with zero attached hydrogens (tertiary/aromatic N) is 1. The minimum Gasteiger partial charge on any atom is -0.494 e. The monoisotopic (exact) mass is 466 g/mol. The molecule has 1 heterocycles. The number of ether oxygens (including phenoxy) is 1. The van der Waals surface area contributed by atoms with Crippen LogP contribution < -0.4 is 9.88 Å². The van der Waals surface area contributed by atoms with Crippen molar-refractivity contribution in [2.45, 2.75) is 24.7 Å². The van der Waals surface area contributed by atoms with Crippen LogP contribution in [-0.4, -0.2) is 20.0 Å². The third-order valence-electron chi connectivity index (χ3n) is 5.29. The van der Waals surface area contributed by atoms with Crippen LogP contribution in [0.2, 0.25) is 5.02 Å². The molecule has 2 N–H and O–H groups in total. The zero-order valence-corrected chi connectivity index (χ0v) is 19.2. The van der Waals surface area contributed by atoms with E-state index in [1.165, 1.54) is 12.1 Å². The number of sulfonamides is 1. The Bertz CT molecular complexity index is 1370. The summed E-state index contributed by atoms with van der Waals surface area (Å²) in [5.41, 5.74) is 5.03. The molecule has 0 aliphatic heterocycles. The lowest BCUT2D eigenvalue weighted by molar-refractivity contribution is 0.311. The molecule has 0 fully saturated rings. The van der Waals surface area contributed by atoms with Gasteiger partial charge >= 0.3 is 0 Å². The maximum absolute atomic E-state index is 11.3. The number of rotatable bonds is 7. The lowest BCUT2D eigenvalue weighted by Gasteiger charge is -2.13. The van der Waals surface area contributed by atoms with Gasteiger partial charge in [0, 0.05) is 11.6 Å². The molecule has 0 spiro atoms. The molecule has 0 amide bonds. The van der Waals surface area contributed by atoms with E-state index in [4.69, 9.17) is 21.5 Å². The number of nitrogens with two attached hydrogens (primary N) is 1. The molecule has 0 aliphatic rings. The average molecular weight is 467 g/mol. The first-order valence-corrected chi connectivity index (χ1v) is 12.1. The number of aromatic nitrogens is 1. The molecule has 7 heteroatoms. The fourth-order valence-electron chi connectivity index (χ4n) is 3.72. The summed E-state index contributed by atoms with van der Waals surface area (Å²) in [6.07, 6.45) is 3.42.